The molecule has 4 heteroatoms. The van der Waals surface area contributed by atoms with E-state index in [1.54, 1.807) is 0 Å². The van der Waals surface area contributed by atoms with Crippen molar-refractivity contribution < 1.29 is 19.1 Å². The van der Waals surface area contributed by atoms with Crippen LogP contribution in [0.3, 0.4) is 0 Å². The van der Waals surface area contributed by atoms with Gasteiger partial charge in [-0.1, -0.05) is 19.6 Å². The van der Waals surface area contributed by atoms with E-state index in [1.807, 2.05) is 0 Å². The SMILES string of the molecule is C=CC(=O)OCC1C(COC(=O)C=C)C2CC1C1CCCC12. The Morgan fingerprint density at radius 2 is 1.32 bits per heavy atom. The number of fused-ring (bicyclic) bond motifs is 5. The van der Waals surface area contributed by atoms with Gasteiger partial charge in [0.05, 0.1) is 13.2 Å². The molecule has 0 amide bonds. The van der Waals surface area contributed by atoms with Crippen LogP contribution in [0.15, 0.2) is 25.3 Å². The molecule has 0 aliphatic heterocycles. The van der Waals surface area contributed by atoms with Crippen LogP contribution < -0.4 is 0 Å². The quantitative estimate of drug-likeness (QED) is 0.559. The molecule has 0 N–H and O–H groups in total. The third-order valence-corrected chi connectivity index (χ3v) is 6.09. The number of ether oxygens (including phenoxy) is 2. The summed E-state index contributed by atoms with van der Waals surface area (Å²) >= 11 is 0. The van der Waals surface area contributed by atoms with Crippen LogP contribution in [-0.2, 0) is 19.1 Å². The standard InChI is InChI=1S/C18H24O4/c1-3-17(19)21-9-15-13-8-14(12-7-5-6-11(12)13)16(15)10-22-18(20)4-2/h3-4,11-16H,1-2,5-10H2. The van der Waals surface area contributed by atoms with Gasteiger partial charge in [0, 0.05) is 24.0 Å². The lowest BCUT2D eigenvalue weighted by molar-refractivity contribution is -0.145. The zero-order valence-electron chi connectivity index (χ0n) is 12.9. The zero-order chi connectivity index (χ0) is 15.7. The average Bonchev–Trinajstić information content (AvgIpc) is 3.21. The molecule has 22 heavy (non-hydrogen) atoms. The highest BCUT2D eigenvalue weighted by atomic mass is 16.5. The Morgan fingerprint density at radius 3 is 1.73 bits per heavy atom. The summed E-state index contributed by atoms with van der Waals surface area (Å²) in [6, 6.07) is 0. The van der Waals surface area contributed by atoms with Crippen molar-refractivity contribution in [3.05, 3.63) is 25.3 Å². The van der Waals surface area contributed by atoms with Crippen molar-refractivity contribution in [2.45, 2.75) is 25.7 Å². The van der Waals surface area contributed by atoms with Gasteiger partial charge in [0.2, 0.25) is 0 Å². The average molecular weight is 304 g/mol. The number of hydrogen-bond donors (Lipinski definition) is 0. The summed E-state index contributed by atoms with van der Waals surface area (Å²) < 4.78 is 10.6. The number of carbonyl (C=O) groups is 2. The first-order valence-electron chi connectivity index (χ1n) is 8.24. The number of esters is 2. The Bertz CT molecular complexity index is 441. The summed E-state index contributed by atoms with van der Waals surface area (Å²) in [5, 5.41) is 0. The van der Waals surface area contributed by atoms with Crippen LogP contribution in [0.4, 0.5) is 0 Å². The van der Waals surface area contributed by atoms with Gasteiger partial charge in [0.1, 0.15) is 0 Å². The summed E-state index contributed by atoms with van der Waals surface area (Å²) in [6.07, 6.45) is 7.52. The van der Waals surface area contributed by atoms with Crippen molar-refractivity contribution >= 4 is 11.9 Å². The molecule has 0 heterocycles. The number of carbonyl (C=O) groups excluding carboxylic acids is 2. The molecule has 6 atom stereocenters. The number of hydrogen-bond acceptors (Lipinski definition) is 4. The topological polar surface area (TPSA) is 52.6 Å². The van der Waals surface area contributed by atoms with Gasteiger partial charge in [0.15, 0.2) is 0 Å². The Morgan fingerprint density at radius 1 is 0.864 bits per heavy atom. The minimum Gasteiger partial charge on any atom is -0.462 e. The second kappa shape index (κ2) is 6.27. The van der Waals surface area contributed by atoms with Crippen LogP contribution in [0.1, 0.15) is 25.7 Å². The molecule has 6 unspecified atom stereocenters. The lowest BCUT2D eigenvalue weighted by Crippen LogP contribution is -2.38. The maximum atomic E-state index is 11.4. The van der Waals surface area contributed by atoms with Gasteiger partial charge in [-0.25, -0.2) is 9.59 Å². The molecule has 3 rings (SSSR count). The maximum Gasteiger partial charge on any atom is 0.330 e. The van der Waals surface area contributed by atoms with E-state index in [-0.39, 0.29) is 11.9 Å². The zero-order valence-corrected chi connectivity index (χ0v) is 12.9. The van der Waals surface area contributed by atoms with Gasteiger partial charge in [-0.2, -0.15) is 0 Å². The van der Waals surface area contributed by atoms with Crippen LogP contribution in [0, 0.1) is 35.5 Å². The fourth-order valence-electron chi connectivity index (χ4n) is 5.33. The second-order valence-electron chi connectivity index (χ2n) is 6.82. The molecule has 3 aliphatic carbocycles. The van der Waals surface area contributed by atoms with Crippen molar-refractivity contribution in [3.63, 3.8) is 0 Å². The van der Waals surface area contributed by atoms with Crippen LogP contribution in [0.2, 0.25) is 0 Å². The van der Waals surface area contributed by atoms with E-state index in [4.69, 9.17) is 9.47 Å². The molecule has 2 bridgehead atoms. The van der Waals surface area contributed by atoms with Gasteiger partial charge >= 0.3 is 11.9 Å². The fraction of sp³-hybridized carbons (Fsp3) is 0.667. The molecule has 0 spiro atoms. The second-order valence-corrected chi connectivity index (χ2v) is 6.82. The molecule has 3 saturated carbocycles. The third kappa shape index (κ3) is 2.59. The molecule has 0 saturated heterocycles. The van der Waals surface area contributed by atoms with Crippen molar-refractivity contribution in [3.8, 4) is 0 Å². The minimum absolute atomic E-state index is 0.311. The highest BCUT2D eigenvalue weighted by Gasteiger charge is 2.59. The molecular formula is C18H24O4. The lowest BCUT2D eigenvalue weighted by atomic mass is 9.70. The van der Waals surface area contributed by atoms with Gasteiger partial charge in [0.25, 0.3) is 0 Å². The predicted molar refractivity (Wildman–Crippen MR) is 81.7 cm³/mol. The van der Waals surface area contributed by atoms with Crippen LogP contribution in [0.25, 0.3) is 0 Å². The van der Waals surface area contributed by atoms with E-state index < -0.39 is 0 Å². The summed E-state index contributed by atoms with van der Waals surface area (Å²) in [7, 11) is 0. The molecule has 0 aromatic rings. The molecule has 4 nitrogen and oxygen atoms in total. The normalized spacial score (nSPS) is 38.4. The first-order chi connectivity index (χ1) is 10.7. The van der Waals surface area contributed by atoms with Crippen molar-refractivity contribution in [2.24, 2.45) is 35.5 Å². The maximum absolute atomic E-state index is 11.4. The van der Waals surface area contributed by atoms with E-state index in [9.17, 15) is 9.59 Å². The molecule has 0 aromatic carbocycles. The highest BCUT2D eigenvalue weighted by Crippen LogP contribution is 2.63. The summed E-state index contributed by atoms with van der Waals surface area (Å²) in [6.45, 7) is 7.73. The van der Waals surface area contributed by atoms with Crippen molar-refractivity contribution in [2.75, 3.05) is 13.2 Å². The molecular weight excluding hydrogens is 280 g/mol. The van der Waals surface area contributed by atoms with Gasteiger partial charge in [-0.3, -0.25) is 0 Å². The first-order valence-corrected chi connectivity index (χ1v) is 8.24. The smallest absolute Gasteiger partial charge is 0.330 e. The van der Waals surface area contributed by atoms with Crippen molar-refractivity contribution in [1.82, 2.24) is 0 Å². The number of rotatable bonds is 6. The van der Waals surface area contributed by atoms with E-state index in [0.29, 0.717) is 36.9 Å². The Kier molecular flexibility index (Phi) is 4.37. The molecule has 0 radical (unpaired) electrons. The monoisotopic (exact) mass is 304 g/mol. The van der Waals surface area contributed by atoms with Gasteiger partial charge < -0.3 is 9.47 Å². The van der Waals surface area contributed by atoms with Crippen LogP contribution >= 0.6 is 0 Å². The Balaban J connectivity index is 1.69. The third-order valence-electron chi connectivity index (χ3n) is 6.09. The van der Waals surface area contributed by atoms with E-state index >= 15 is 0 Å². The van der Waals surface area contributed by atoms with E-state index in [0.717, 1.165) is 11.8 Å². The van der Waals surface area contributed by atoms with E-state index in [1.165, 1.54) is 37.8 Å². The first kappa shape index (κ1) is 15.3. The Hall–Kier alpha value is -1.58. The van der Waals surface area contributed by atoms with E-state index in [2.05, 4.69) is 13.2 Å². The van der Waals surface area contributed by atoms with Gasteiger partial charge in [-0.05, 0) is 42.9 Å². The molecule has 0 aromatic heterocycles. The van der Waals surface area contributed by atoms with Crippen LogP contribution in [-0.4, -0.2) is 25.2 Å². The summed E-state index contributed by atoms with van der Waals surface area (Å²) in [4.78, 5) is 22.8. The molecule has 3 aliphatic rings. The fourth-order valence-corrected chi connectivity index (χ4v) is 5.33. The molecule has 3 fully saturated rings. The van der Waals surface area contributed by atoms with Crippen molar-refractivity contribution in [1.29, 1.82) is 0 Å². The Labute approximate surface area is 131 Å². The predicted octanol–water partition coefficient (Wildman–Crippen LogP) is 2.74. The summed E-state index contributed by atoms with van der Waals surface area (Å²) in [5.74, 6) is 2.68. The largest absolute Gasteiger partial charge is 0.462 e. The summed E-state index contributed by atoms with van der Waals surface area (Å²) in [5.41, 5.74) is 0. The minimum atomic E-state index is -0.368. The van der Waals surface area contributed by atoms with Gasteiger partial charge in [-0.15, -0.1) is 0 Å². The highest BCUT2D eigenvalue weighted by molar-refractivity contribution is 5.81. The lowest BCUT2D eigenvalue weighted by Gasteiger charge is -2.37. The van der Waals surface area contributed by atoms with Crippen LogP contribution in [0.5, 0.6) is 0 Å². The molecule has 120 valence electrons.